The number of aliphatic imine (C=N–C) groups is 1. The van der Waals surface area contributed by atoms with Gasteiger partial charge in [-0.25, -0.2) is 0 Å². The number of halogens is 3. The van der Waals surface area contributed by atoms with Crippen molar-refractivity contribution in [3.63, 3.8) is 0 Å². The zero-order chi connectivity index (χ0) is 15.7. The largest absolute Gasteiger partial charge is 0.434 e. The molecular weight excluding hydrogens is 320 g/mol. The first-order valence-electron chi connectivity index (χ1n) is 6.23. The van der Waals surface area contributed by atoms with E-state index in [0.717, 1.165) is 12.3 Å². The van der Waals surface area contributed by atoms with E-state index in [1.54, 1.807) is 24.9 Å². The van der Waals surface area contributed by atoms with Crippen LogP contribution in [0.25, 0.3) is 0 Å². The van der Waals surface area contributed by atoms with Crippen LogP contribution in [0.1, 0.15) is 5.56 Å². The second-order valence-corrected chi connectivity index (χ2v) is 5.40. The SMILES string of the molecule is CN=C(NCCSC)NCc1cc(Cl)ccc1OC(F)F. The average molecular weight is 338 g/mol. The van der Waals surface area contributed by atoms with E-state index in [1.165, 1.54) is 12.1 Å². The van der Waals surface area contributed by atoms with E-state index in [4.69, 9.17) is 11.6 Å². The lowest BCUT2D eigenvalue weighted by Crippen LogP contribution is -2.38. The van der Waals surface area contributed by atoms with Gasteiger partial charge < -0.3 is 15.4 Å². The summed E-state index contributed by atoms with van der Waals surface area (Å²) in [5.74, 6) is 1.63. The fraction of sp³-hybridized carbons (Fsp3) is 0.462. The summed E-state index contributed by atoms with van der Waals surface area (Å²) in [6.45, 7) is -1.83. The number of thioether (sulfide) groups is 1. The molecule has 0 aliphatic carbocycles. The van der Waals surface area contributed by atoms with Crippen molar-refractivity contribution in [2.24, 2.45) is 4.99 Å². The maximum atomic E-state index is 12.4. The van der Waals surface area contributed by atoms with Gasteiger partial charge in [-0.3, -0.25) is 4.99 Å². The third kappa shape index (κ3) is 6.86. The highest BCUT2D eigenvalue weighted by Crippen LogP contribution is 2.24. The highest BCUT2D eigenvalue weighted by molar-refractivity contribution is 7.98. The molecule has 1 aromatic rings. The normalized spacial score (nSPS) is 11.6. The van der Waals surface area contributed by atoms with Crippen LogP contribution in [0, 0.1) is 0 Å². The van der Waals surface area contributed by atoms with Crippen molar-refractivity contribution in [3.8, 4) is 5.75 Å². The van der Waals surface area contributed by atoms with E-state index < -0.39 is 6.61 Å². The summed E-state index contributed by atoms with van der Waals surface area (Å²) in [6, 6.07) is 4.52. The van der Waals surface area contributed by atoms with Gasteiger partial charge in [-0.1, -0.05) is 11.6 Å². The average Bonchev–Trinajstić information content (AvgIpc) is 2.44. The van der Waals surface area contributed by atoms with Crippen molar-refractivity contribution in [1.29, 1.82) is 0 Å². The molecule has 118 valence electrons. The lowest BCUT2D eigenvalue weighted by molar-refractivity contribution is -0.0504. The summed E-state index contributed by atoms with van der Waals surface area (Å²) in [4.78, 5) is 4.05. The number of guanidine groups is 1. The predicted molar refractivity (Wildman–Crippen MR) is 84.7 cm³/mol. The smallest absolute Gasteiger partial charge is 0.387 e. The molecule has 4 nitrogen and oxygen atoms in total. The van der Waals surface area contributed by atoms with Crippen LogP contribution in [0.15, 0.2) is 23.2 Å². The van der Waals surface area contributed by atoms with Gasteiger partial charge in [0.05, 0.1) is 0 Å². The number of benzene rings is 1. The van der Waals surface area contributed by atoms with E-state index in [2.05, 4.69) is 20.4 Å². The Labute approximate surface area is 132 Å². The molecule has 0 saturated carbocycles. The molecule has 0 atom stereocenters. The number of nitrogens with one attached hydrogen (secondary N) is 2. The molecule has 0 aromatic heterocycles. The molecule has 1 aromatic carbocycles. The minimum absolute atomic E-state index is 0.0986. The Morgan fingerprint density at radius 1 is 1.43 bits per heavy atom. The van der Waals surface area contributed by atoms with Crippen LogP contribution in [0.5, 0.6) is 5.75 Å². The van der Waals surface area contributed by atoms with Gasteiger partial charge >= 0.3 is 6.61 Å². The number of alkyl halides is 2. The topological polar surface area (TPSA) is 45.7 Å². The van der Waals surface area contributed by atoms with Crippen LogP contribution in [0.4, 0.5) is 8.78 Å². The number of hydrogen-bond acceptors (Lipinski definition) is 3. The summed E-state index contributed by atoms with van der Waals surface area (Å²) in [5.41, 5.74) is 0.538. The van der Waals surface area contributed by atoms with Gasteiger partial charge in [-0.2, -0.15) is 20.5 Å². The lowest BCUT2D eigenvalue weighted by atomic mass is 10.2. The van der Waals surface area contributed by atoms with Crippen LogP contribution in [0.2, 0.25) is 5.02 Å². The van der Waals surface area contributed by atoms with Gasteiger partial charge in [0.1, 0.15) is 5.75 Å². The zero-order valence-corrected chi connectivity index (χ0v) is 13.4. The monoisotopic (exact) mass is 337 g/mol. The molecule has 21 heavy (non-hydrogen) atoms. The van der Waals surface area contributed by atoms with Gasteiger partial charge in [-0.15, -0.1) is 0 Å². The van der Waals surface area contributed by atoms with Crippen LogP contribution in [-0.4, -0.2) is 38.2 Å². The highest BCUT2D eigenvalue weighted by atomic mass is 35.5. The number of nitrogens with zero attached hydrogens (tertiary/aromatic N) is 1. The third-order valence-electron chi connectivity index (χ3n) is 2.51. The zero-order valence-electron chi connectivity index (χ0n) is 11.8. The lowest BCUT2D eigenvalue weighted by Gasteiger charge is -2.14. The summed E-state index contributed by atoms with van der Waals surface area (Å²) in [5, 5.41) is 6.60. The van der Waals surface area contributed by atoms with Crippen molar-refractivity contribution in [1.82, 2.24) is 10.6 Å². The first-order chi connectivity index (χ1) is 10.1. The van der Waals surface area contributed by atoms with E-state index in [9.17, 15) is 8.78 Å². The van der Waals surface area contributed by atoms with Crippen LogP contribution in [-0.2, 0) is 6.54 Å². The van der Waals surface area contributed by atoms with Crippen molar-refractivity contribution in [2.75, 3.05) is 25.6 Å². The standard InChI is InChI=1S/C13H18ClF2N3OS/c1-17-13(18-5-6-21-2)19-8-9-7-10(14)3-4-11(9)20-12(15)16/h3-4,7,12H,5-6,8H2,1-2H3,(H2,17,18,19). The molecule has 0 radical (unpaired) electrons. The van der Waals surface area contributed by atoms with Crippen molar-refractivity contribution in [3.05, 3.63) is 28.8 Å². The minimum atomic E-state index is -2.87. The van der Waals surface area contributed by atoms with Gasteiger partial charge in [0.2, 0.25) is 0 Å². The van der Waals surface area contributed by atoms with E-state index in [1.807, 2.05) is 6.26 Å². The quantitative estimate of drug-likeness (QED) is 0.456. The molecule has 0 amide bonds. The molecule has 1 rings (SSSR count). The maximum absolute atomic E-state index is 12.4. The molecule has 0 aliphatic heterocycles. The molecule has 0 unspecified atom stereocenters. The van der Waals surface area contributed by atoms with Crippen molar-refractivity contribution < 1.29 is 13.5 Å². The summed E-state index contributed by atoms with van der Waals surface area (Å²) in [7, 11) is 1.64. The Morgan fingerprint density at radius 3 is 2.81 bits per heavy atom. The van der Waals surface area contributed by atoms with E-state index in [0.29, 0.717) is 16.5 Å². The van der Waals surface area contributed by atoms with Crippen molar-refractivity contribution in [2.45, 2.75) is 13.2 Å². The second kappa shape index (κ2) is 9.68. The molecule has 0 spiro atoms. The molecule has 0 fully saturated rings. The molecule has 0 heterocycles. The fourth-order valence-electron chi connectivity index (χ4n) is 1.57. The minimum Gasteiger partial charge on any atom is -0.434 e. The Bertz CT molecular complexity index is 475. The van der Waals surface area contributed by atoms with Crippen LogP contribution in [0.3, 0.4) is 0 Å². The van der Waals surface area contributed by atoms with Gasteiger partial charge in [0.25, 0.3) is 0 Å². The van der Waals surface area contributed by atoms with E-state index >= 15 is 0 Å². The van der Waals surface area contributed by atoms with Crippen LogP contribution < -0.4 is 15.4 Å². The summed E-state index contributed by atoms with van der Waals surface area (Å²) < 4.78 is 29.2. The summed E-state index contributed by atoms with van der Waals surface area (Å²) in [6.07, 6.45) is 2.01. The fourth-order valence-corrected chi connectivity index (χ4v) is 2.07. The highest BCUT2D eigenvalue weighted by Gasteiger charge is 2.10. The number of rotatable bonds is 7. The predicted octanol–water partition coefficient (Wildman–Crippen LogP) is 2.97. The van der Waals surface area contributed by atoms with Gasteiger partial charge in [0.15, 0.2) is 5.96 Å². The Hall–Kier alpha value is -1.21. The van der Waals surface area contributed by atoms with E-state index in [-0.39, 0.29) is 12.3 Å². The molecule has 0 bridgehead atoms. The third-order valence-corrected chi connectivity index (χ3v) is 3.35. The Balaban J connectivity index is 2.66. The summed E-state index contributed by atoms with van der Waals surface area (Å²) >= 11 is 7.60. The first-order valence-corrected chi connectivity index (χ1v) is 8.00. The van der Waals surface area contributed by atoms with Crippen molar-refractivity contribution >= 4 is 29.3 Å². The van der Waals surface area contributed by atoms with Gasteiger partial charge in [0, 0.05) is 36.5 Å². The first kappa shape index (κ1) is 17.8. The number of hydrogen-bond donors (Lipinski definition) is 2. The second-order valence-electron chi connectivity index (χ2n) is 3.98. The Kier molecular flexibility index (Phi) is 8.22. The molecule has 0 aliphatic rings. The molecule has 2 N–H and O–H groups in total. The molecule has 0 saturated heterocycles. The Morgan fingerprint density at radius 2 is 2.19 bits per heavy atom. The number of ether oxygens (including phenoxy) is 1. The maximum Gasteiger partial charge on any atom is 0.387 e. The van der Waals surface area contributed by atoms with Crippen LogP contribution >= 0.6 is 23.4 Å². The molecular formula is C13H18ClF2N3OS. The molecule has 8 heteroatoms. The van der Waals surface area contributed by atoms with Gasteiger partial charge in [-0.05, 0) is 24.5 Å².